The van der Waals surface area contributed by atoms with Crippen molar-refractivity contribution in [2.75, 3.05) is 6.54 Å². The van der Waals surface area contributed by atoms with E-state index in [0.717, 1.165) is 30.6 Å². The summed E-state index contributed by atoms with van der Waals surface area (Å²) in [7, 11) is 0. The summed E-state index contributed by atoms with van der Waals surface area (Å²) in [6.45, 7) is 5.82. The summed E-state index contributed by atoms with van der Waals surface area (Å²) in [6, 6.07) is 17.1. The van der Waals surface area contributed by atoms with Crippen molar-refractivity contribution in [1.82, 2.24) is 9.88 Å². The Morgan fingerprint density at radius 3 is 2.35 bits per heavy atom. The highest BCUT2D eigenvalue weighted by molar-refractivity contribution is 5.31. The van der Waals surface area contributed by atoms with Gasteiger partial charge < -0.3 is 5.11 Å². The van der Waals surface area contributed by atoms with Crippen LogP contribution in [0.3, 0.4) is 0 Å². The lowest BCUT2D eigenvalue weighted by Gasteiger charge is -2.39. The molecule has 3 unspecified atom stereocenters. The largest absolute Gasteiger partial charge is 0.379 e. The molecule has 1 aliphatic rings. The van der Waals surface area contributed by atoms with Crippen LogP contribution in [-0.2, 0) is 5.60 Å². The maximum atomic E-state index is 11.5. The minimum absolute atomic E-state index is 0.683. The number of rotatable bonds is 7. The molecule has 1 saturated heterocycles. The van der Waals surface area contributed by atoms with Gasteiger partial charge >= 0.3 is 0 Å². The predicted octanol–water partition coefficient (Wildman–Crippen LogP) is 4.75. The van der Waals surface area contributed by atoms with Crippen LogP contribution in [0.5, 0.6) is 0 Å². The lowest BCUT2D eigenvalue weighted by Crippen LogP contribution is -2.44. The minimum Gasteiger partial charge on any atom is -0.379 e. The minimum atomic E-state index is -1.01. The van der Waals surface area contributed by atoms with Gasteiger partial charge in [0.2, 0.25) is 0 Å². The molecule has 1 aromatic heterocycles. The molecule has 3 nitrogen and oxygen atoms in total. The first kappa shape index (κ1) is 19.1. The highest BCUT2D eigenvalue weighted by atomic mass is 16.3. The van der Waals surface area contributed by atoms with Gasteiger partial charge in [-0.1, -0.05) is 42.8 Å². The molecule has 0 saturated carbocycles. The highest BCUT2D eigenvalue weighted by Crippen LogP contribution is 2.33. The van der Waals surface area contributed by atoms with Gasteiger partial charge in [0, 0.05) is 18.3 Å². The Bertz CT molecular complexity index is 609. The number of nitrogens with zero attached hydrogens (tertiary/aromatic N) is 2. The molecule has 0 aliphatic carbocycles. The summed E-state index contributed by atoms with van der Waals surface area (Å²) < 4.78 is 0. The first-order chi connectivity index (χ1) is 12.6. The summed E-state index contributed by atoms with van der Waals surface area (Å²) in [6.07, 6.45) is 8.53. The fourth-order valence-electron chi connectivity index (χ4n) is 4.33. The van der Waals surface area contributed by atoms with Crippen LogP contribution in [-0.4, -0.2) is 33.6 Å². The molecule has 26 heavy (non-hydrogen) atoms. The molecule has 3 rings (SSSR count). The van der Waals surface area contributed by atoms with E-state index in [1.165, 1.54) is 19.3 Å². The van der Waals surface area contributed by atoms with Crippen LogP contribution in [0.15, 0.2) is 54.7 Å². The Balaban J connectivity index is 1.66. The summed E-state index contributed by atoms with van der Waals surface area (Å²) in [5, 5.41) is 11.5. The third kappa shape index (κ3) is 4.33. The molecule has 0 amide bonds. The van der Waals surface area contributed by atoms with Gasteiger partial charge in [0.1, 0.15) is 5.60 Å². The molecule has 1 fully saturated rings. The van der Waals surface area contributed by atoms with Crippen LogP contribution in [0.4, 0.5) is 0 Å². The molecule has 2 heterocycles. The van der Waals surface area contributed by atoms with Crippen LogP contribution in [0.25, 0.3) is 0 Å². The second-order valence-electron chi connectivity index (χ2n) is 7.77. The number of pyridine rings is 1. The van der Waals surface area contributed by atoms with E-state index in [2.05, 4.69) is 23.7 Å². The number of benzene rings is 1. The van der Waals surface area contributed by atoms with E-state index >= 15 is 0 Å². The molecular formula is C23H32N2O. The van der Waals surface area contributed by atoms with E-state index in [9.17, 15) is 5.11 Å². The number of hydrogen-bond acceptors (Lipinski definition) is 3. The lowest BCUT2D eigenvalue weighted by atomic mass is 9.85. The zero-order valence-electron chi connectivity index (χ0n) is 16.1. The molecule has 1 aliphatic heterocycles. The molecule has 2 aromatic rings. The monoisotopic (exact) mass is 352 g/mol. The Morgan fingerprint density at radius 2 is 1.69 bits per heavy atom. The molecule has 3 heteroatoms. The van der Waals surface area contributed by atoms with Crippen molar-refractivity contribution in [3.05, 3.63) is 66.0 Å². The maximum absolute atomic E-state index is 11.5. The quantitative estimate of drug-likeness (QED) is 0.731. The van der Waals surface area contributed by atoms with Gasteiger partial charge in [0.15, 0.2) is 0 Å². The van der Waals surface area contributed by atoms with Gasteiger partial charge in [-0.25, -0.2) is 0 Å². The van der Waals surface area contributed by atoms with E-state index < -0.39 is 5.60 Å². The Hall–Kier alpha value is -1.71. The van der Waals surface area contributed by atoms with Crippen molar-refractivity contribution >= 4 is 0 Å². The van der Waals surface area contributed by atoms with Gasteiger partial charge in [-0.05, 0) is 70.2 Å². The van der Waals surface area contributed by atoms with Crippen LogP contribution >= 0.6 is 0 Å². The number of likely N-dealkylation sites (tertiary alicyclic amines) is 1. The van der Waals surface area contributed by atoms with Gasteiger partial charge in [-0.3, -0.25) is 9.88 Å². The average Bonchev–Trinajstić information content (AvgIpc) is 2.68. The van der Waals surface area contributed by atoms with Gasteiger partial charge in [0.25, 0.3) is 0 Å². The molecule has 3 atom stereocenters. The smallest absolute Gasteiger partial charge is 0.131 e. The summed E-state index contributed by atoms with van der Waals surface area (Å²) in [4.78, 5) is 7.10. The average molecular weight is 353 g/mol. The van der Waals surface area contributed by atoms with Crippen LogP contribution in [0.1, 0.15) is 63.6 Å². The Labute approximate surface area is 158 Å². The SMILES string of the molecule is CC1CCCC(C)N1CCCCC(O)(c1ccccc1)c1ccccn1. The summed E-state index contributed by atoms with van der Waals surface area (Å²) >= 11 is 0. The van der Waals surface area contributed by atoms with Crippen LogP contribution in [0, 0.1) is 0 Å². The first-order valence-electron chi connectivity index (χ1n) is 10.1. The number of aliphatic hydroxyl groups is 1. The lowest BCUT2D eigenvalue weighted by molar-refractivity contribution is 0.0584. The van der Waals surface area contributed by atoms with Crippen molar-refractivity contribution in [1.29, 1.82) is 0 Å². The van der Waals surface area contributed by atoms with Gasteiger partial charge in [0.05, 0.1) is 5.69 Å². The number of hydrogen-bond donors (Lipinski definition) is 1. The van der Waals surface area contributed by atoms with E-state index in [4.69, 9.17) is 0 Å². The molecule has 140 valence electrons. The maximum Gasteiger partial charge on any atom is 0.131 e. The van der Waals surface area contributed by atoms with E-state index in [-0.39, 0.29) is 0 Å². The van der Waals surface area contributed by atoms with E-state index in [1.54, 1.807) is 6.20 Å². The van der Waals surface area contributed by atoms with Gasteiger partial charge in [-0.2, -0.15) is 0 Å². The van der Waals surface area contributed by atoms with Crippen LogP contribution in [0.2, 0.25) is 0 Å². The third-order valence-corrected chi connectivity index (χ3v) is 5.92. The second-order valence-corrected chi connectivity index (χ2v) is 7.77. The zero-order valence-corrected chi connectivity index (χ0v) is 16.1. The number of piperidine rings is 1. The van der Waals surface area contributed by atoms with Crippen molar-refractivity contribution in [2.45, 2.75) is 70.1 Å². The Kier molecular flexibility index (Phi) is 6.44. The predicted molar refractivity (Wildman–Crippen MR) is 107 cm³/mol. The second kappa shape index (κ2) is 8.79. The fraction of sp³-hybridized carbons (Fsp3) is 0.522. The fourth-order valence-corrected chi connectivity index (χ4v) is 4.33. The Morgan fingerprint density at radius 1 is 1.00 bits per heavy atom. The zero-order chi connectivity index (χ0) is 18.4. The van der Waals surface area contributed by atoms with E-state index in [1.807, 2.05) is 48.5 Å². The number of unbranched alkanes of at least 4 members (excludes halogenated alkanes) is 1. The molecule has 1 aromatic carbocycles. The van der Waals surface area contributed by atoms with Crippen molar-refractivity contribution in [3.8, 4) is 0 Å². The van der Waals surface area contributed by atoms with Gasteiger partial charge in [-0.15, -0.1) is 0 Å². The number of aromatic nitrogens is 1. The highest BCUT2D eigenvalue weighted by Gasteiger charge is 2.32. The van der Waals surface area contributed by atoms with Crippen molar-refractivity contribution < 1.29 is 5.11 Å². The molecule has 0 spiro atoms. The topological polar surface area (TPSA) is 36.4 Å². The molecular weight excluding hydrogens is 320 g/mol. The normalized spacial score (nSPS) is 23.5. The molecule has 1 N–H and O–H groups in total. The van der Waals surface area contributed by atoms with Crippen molar-refractivity contribution in [3.63, 3.8) is 0 Å². The summed E-state index contributed by atoms with van der Waals surface area (Å²) in [5.74, 6) is 0. The third-order valence-electron chi connectivity index (χ3n) is 5.92. The standard InChI is InChI=1S/C23H32N2O/c1-19-11-10-12-20(2)25(19)18-9-7-16-23(26,21-13-4-3-5-14-21)22-15-6-8-17-24-22/h3-6,8,13-15,17,19-20,26H,7,9-12,16,18H2,1-2H3. The summed E-state index contributed by atoms with van der Waals surface area (Å²) in [5.41, 5.74) is 0.658. The first-order valence-corrected chi connectivity index (χ1v) is 10.1. The van der Waals surface area contributed by atoms with Crippen LogP contribution < -0.4 is 0 Å². The molecule has 0 radical (unpaired) electrons. The molecule has 0 bridgehead atoms. The van der Waals surface area contributed by atoms with Crippen molar-refractivity contribution in [2.24, 2.45) is 0 Å². The van der Waals surface area contributed by atoms with E-state index in [0.29, 0.717) is 18.5 Å².